The zero-order chi connectivity index (χ0) is 22.6. The second-order valence-corrected chi connectivity index (χ2v) is 10.3. The van der Waals surface area contributed by atoms with E-state index in [1.807, 2.05) is 12.1 Å². The maximum atomic E-state index is 12.6. The van der Waals surface area contributed by atoms with Crippen LogP contribution >= 0.6 is 23.4 Å². The Morgan fingerprint density at radius 2 is 1.58 bits per heavy atom. The van der Waals surface area contributed by atoms with Gasteiger partial charge in [-0.1, -0.05) is 11.6 Å². The van der Waals surface area contributed by atoms with Crippen molar-refractivity contribution in [3.8, 4) is 0 Å². The highest BCUT2D eigenvalue weighted by atomic mass is 35.5. The van der Waals surface area contributed by atoms with Gasteiger partial charge in [0.05, 0.1) is 10.1 Å². The molecular formula is C21H21ClN4O3S2. The Morgan fingerprint density at radius 1 is 1.00 bits per heavy atom. The fraction of sp³-hybridized carbons (Fsp3) is 0.190. The van der Waals surface area contributed by atoms with Gasteiger partial charge in [-0.05, 0) is 75.4 Å². The number of carbonyl (C=O) groups excluding carboxylic acids is 1. The lowest BCUT2D eigenvalue weighted by Gasteiger charge is -2.13. The quantitative estimate of drug-likeness (QED) is 0.480. The van der Waals surface area contributed by atoms with Gasteiger partial charge in [-0.3, -0.25) is 4.79 Å². The molecule has 1 atom stereocenters. The predicted molar refractivity (Wildman–Crippen MR) is 124 cm³/mol. The monoisotopic (exact) mass is 476 g/mol. The molecule has 2 N–H and O–H groups in total. The summed E-state index contributed by atoms with van der Waals surface area (Å²) >= 11 is 7.28. The zero-order valence-corrected chi connectivity index (χ0v) is 19.5. The van der Waals surface area contributed by atoms with Gasteiger partial charge in [0.15, 0.2) is 0 Å². The van der Waals surface area contributed by atoms with Crippen LogP contribution in [-0.2, 0) is 14.8 Å². The van der Waals surface area contributed by atoms with E-state index in [-0.39, 0.29) is 22.0 Å². The van der Waals surface area contributed by atoms with Gasteiger partial charge in [0.2, 0.25) is 11.9 Å². The summed E-state index contributed by atoms with van der Waals surface area (Å²) < 4.78 is 27.6. The Bertz CT molecular complexity index is 1160. The first-order valence-corrected chi connectivity index (χ1v) is 12.0. The normalized spacial score (nSPS) is 12.3. The Morgan fingerprint density at radius 3 is 2.16 bits per heavy atom. The van der Waals surface area contributed by atoms with Gasteiger partial charge >= 0.3 is 0 Å². The molecule has 0 fully saturated rings. The Kier molecular flexibility index (Phi) is 7.19. The van der Waals surface area contributed by atoms with Crippen molar-refractivity contribution in [3.63, 3.8) is 0 Å². The van der Waals surface area contributed by atoms with E-state index in [0.29, 0.717) is 22.1 Å². The number of halogens is 1. The molecule has 10 heteroatoms. The molecule has 0 radical (unpaired) electrons. The number of anilines is 2. The molecule has 7 nitrogen and oxygen atoms in total. The largest absolute Gasteiger partial charge is 0.325 e. The van der Waals surface area contributed by atoms with Crippen molar-refractivity contribution in [1.82, 2.24) is 9.97 Å². The topological polar surface area (TPSA) is 101 Å². The Hall–Kier alpha value is -2.62. The minimum Gasteiger partial charge on any atom is -0.325 e. The number of rotatable bonds is 7. The van der Waals surface area contributed by atoms with Crippen molar-refractivity contribution >= 4 is 50.9 Å². The first-order chi connectivity index (χ1) is 14.6. The number of sulfonamides is 1. The number of nitrogens with one attached hydrogen (secondary N) is 2. The fourth-order valence-corrected chi connectivity index (χ4v) is 4.62. The fourth-order valence-electron chi connectivity index (χ4n) is 2.68. The van der Waals surface area contributed by atoms with Crippen LogP contribution in [0, 0.1) is 13.8 Å². The summed E-state index contributed by atoms with van der Waals surface area (Å²) in [4.78, 5) is 21.6. The number of aromatic nitrogens is 2. The van der Waals surface area contributed by atoms with Crippen LogP contribution in [0.25, 0.3) is 0 Å². The maximum Gasteiger partial charge on any atom is 0.264 e. The smallest absolute Gasteiger partial charge is 0.264 e. The lowest BCUT2D eigenvalue weighted by atomic mass is 10.3. The van der Waals surface area contributed by atoms with Crippen molar-refractivity contribution < 1.29 is 13.2 Å². The van der Waals surface area contributed by atoms with Crippen LogP contribution in [0.15, 0.2) is 64.4 Å². The number of amides is 1. The number of aryl methyl sites for hydroxylation is 2. The maximum absolute atomic E-state index is 12.6. The average Bonchev–Trinajstić information content (AvgIpc) is 2.69. The first-order valence-electron chi connectivity index (χ1n) is 9.31. The van der Waals surface area contributed by atoms with Gasteiger partial charge in [-0.15, -0.1) is 11.8 Å². The molecule has 3 rings (SSSR count). The summed E-state index contributed by atoms with van der Waals surface area (Å²) in [6.45, 7) is 5.31. The molecule has 0 saturated heterocycles. The number of hydrogen-bond donors (Lipinski definition) is 2. The molecule has 0 aliphatic rings. The summed E-state index contributed by atoms with van der Waals surface area (Å²) in [6, 6.07) is 14.9. The summed E-state index contributed by atoms with van der Waals surface area (Å²) in [6.07, 6.45) is 0. The second-order valence-electron chi connectivity index (χ2n) is 6.81. The third kappa shape index (κ3) is 6.43. The molecule has 162 valence electrons. The highest BCUT2D eigenvalue weighted by Crippen LogP contribution is 2.26. The summed E-state index contributed by atoms with van der Waals surface area (Å²) in [5, 5.41) is 3.07. The third-order valence-electron chi connectivity index (χ3n) is 4.14. The number of carbonyl (C=O) groups is 1. The highest BCUT2D eigenvalue weighted by molar-refractivity contribution is 8.00. The van der Waals surface area contributed by atoms with E-state index in [2.05, 4.69) is 20.0 Å². The molecule has 0 unspecified atom stereocenters. The van der Waals surface area contributed by atoms with Crippen molar-refractivity contribution in [2.75, 3.05) is 10.0 Å². The molecule has 0 saturated carbocycles. The Balaban J connectivity index is 1.64. The van der Waals surface area contributed by atoms with Crippen molar-refractivity contribution in [2.45, 2.75) is 35.8 Å². The van der Waals surface area contributed by atoms with E-state index < -0.39 is 10.0 Å². The van der Waals surface area contributed by atoms with E-state index in [9.17, 15) is 13.2 Å². The van der Waals surface area contributed by atoms with Crippen LogP contribution in [0.2, 0.25) is 5.02 Å². The van der Waals surface area contributed by atoms with Crippen molar-refractivity contribution in [3.05, 3.63) is 71.0 Å². The molecule has 0 aliphatic carbocycles. The second kappa shape index (κ2) is 9.67. The van der Waals surface area contributed by atoms with E-state index in [4.69, 9.17) is 11.6 Å². The van der Waals surface area contributed by atoms with Gasteiger partial charge in [0.25, 0.3) is 10.0 Å². The van der Waals surface area contributed by atoms with Crippen LogP contribution in [0.4, 0.5) is 11.6 Å². The number of thioether (sulfide) groups is 1. The Labute approximate surface area is 190 Å². The van der Waals surface area contributed by atoms with Crippen molar-refractivity contribution in [2.24, 2.45) is 0 Å². The number of hydrogen-bond acceptors (Lipinski definition) is 6. The lowest BCUT2D eigenvalue weighted by Crippen LogP contribution is -2.22. The summed E-state index contributed by atoms with van der Waals surface area (Å²) in [5.74, 6) is -0.180. The van der Waals surface area contributed by atoms with E-state index >= 15 is 0 Å². The lowest BCUT2D eigenvalue weighted by molar-refractivity contribution is -0.115. The molecule has 1 heterocycles. The SMILES string of the molecule is Cc1cc(C)nc(NS(=O)(=O)c2ccc(NC(=O)[C@@H](C)Sc3ccc(Cl)cc3)cc2)n1. The average molecular weight is 477 g/mol. The molecule has 0 bridgehead atoms. The zero-order valence-electron chi connectivity index (χ0n) is 17.1. The van der Waals surface area contributed by atoms with Gasteiger partial charge in [0.1, 0.15) is 0 Å². The van der Waals surface area contributed by atoms with Crippen molar-refractivity contribution in [1.29, 1.82) is 0 Å². The van der Waals surface area contributed by atoms with Gasteiger partial charge < -0.3 is 5.32 Å². The van der Waals surface area contributed by atoms with Crippen LogP contribution in [0.3, 0.4) is 0 Å². The van der Waals surface area contributed by atoms with Gasteiger partial charge in [0, 0.05) is 27.0 Å². The van der Waals surface area contributed by atoms with E-state index in [1.54, 1.807) is 39.0 Å². The predicted octanol–water partition coefficient (Wildman–Crippen LogP) is 4.67. The molecule has 0 aliphatic heterocycles. The molecular weight excluding hydrogens is 456 g/mol. The molecule has 3 aromatic rings. The highest BCUT2D eigenvalue weighted by Gasteiger charge is 2.18. The van der Waals surface area contributed by atoms with Gasteiger partial charge in [-0.2, -0.15) is 0 Å². The van der Waals surface area contributed by atoms with Crippen LogP contribution in [0.5, 0.6) is 0 Å². The molecule has 31 heavy (non-hydrogen) atoms. The van der Waals surface area contributed by atoms with E-state index in [0.717, 1.165) is 4.90 Å². The molecule has 2 aromatic carbocycles. The molecule has 1 aromatic heterocycles. The van der Waals surface area contributed by atoms with Crippen LogP contribution in [0.1, 0.15) is 18.3 Å². The summed E-state index contributed by atoms with van der Waals surface area (Å²) in [7, 11) is -3.86. The summed E-state index contributed by atoms with van der Waals surface area (Å²) in [5.41, 5.74) is 1.82. The number of benzene rings is 2. The number of nitrogens with zero attached hydrogens (tertiary/aromatic N) is 2. The van der Waals surface area contributed by atoms with E-state index in [1.165, 1.54) is 36.0 Å². The minimum atomic E-state index is -3.86. The third-order valence-corrected chi connectivity index (χ3v) is 6.84. The molecule has 0 spiro atoms. The minimum absolute atomic E-state index is 0.0166. The van der Waals surface area contributed by atoms with Gasteiger partial charge in [-0.25, -0.2) is 23.1 Å². The van der Waals surface area contributed by atoms with Crippen LogP contribution < -0.4 is 10.0 Å². The molecule has 1 amide bonds. The standard InChI is InChI=1S/C21H21ClN4O3S2/c1-13-12-14(2)24-21(23-13)26-31(28,29)19-10-6-17(7-11-19)25-20(27)15(3)30-18-8-4-16(22)5-9-18/h4-12,15H,1-3H3,(H,25,27)(H,23,24,26)/t15-/m1/s1. The first kappa shape index (κ1) is 23.1. The van der Waals surface area contributed by atoms with Crippen LogP contribution in [-0.4, -0.2) is 29.5 Å².